The average Bonchev–Trinajstić information content (AvgIpc) is 3.15. The van der Waals surface area contributed by atoms with Crippen molar-refractivity contribution >= 4 is 51.6 Å². The van der Waals surface area contributed by atoms with Crippen LogP contribution in [0.4, 0.5) is 10.1 Å². The van der Waals surface area contributed by atoms with Gasteiger partial charge < -0.3 is 5.32 Å². The highest BCUT2D eigenvalue weighted by Crippen LogP contribution is 2.24. The molecule has 0 aliphatic heterocycles. The second kappa shape index (κ2) is 8.45. The predicted octanol–water partition coefficient (Wildman–Crippen LogP) is 3.98. The first-order valence-electron chi connectivity index (χ1n) is 9.24. The van der Waals surface area contributed by atoms with Gasteiger partial charge in [0.2, 0.25) is 11.7 Å². The van der Waals surface area contributed by atoms with Gasteiger partial charge in [-0.05, 0) is 36.8 Å². The third-order valence-corrected chi connectivity index (χ3v) is 5.62. The van der Waals surface area contributed by atoms with Crippen molar-refractivity contribution < 1.29 is 9.18 Å². The maximum atomic E-state index is 13.7. The molecule has 2 heterocycles. The molecule has 0 radical (unpaired) electrons. The molecule has 0 fully saturated rings. The van der Waals surface area contributed by atoms with Gasteiger partial charge in [-0.25, -0.2) is 4.39 Å². The molecule has 2 aromatic carbocycles. The number of aryl methyl sites for hydroxylation is 1. The summed E-state index contributed by atoms with van der Waals surface area (Å²) in [6.45, 7) is 2.44. The number of anilines is 1. The van der Waals surface area contributed by atoms with Crippen LogP contribution in [0.5, 0.6) is 0 Å². The summed E-state index contributed by atoms with van der Waals surface area (Å²) in [5.41, 5.74) is 0.530. The highest BCUT2D eigenvalue weighted by atomic mass is 35.5. The number of amides is 1. The van der Waals surface area contributed by atoms with E-state index in [1.165, 1.54) is 12.1 Å². The van der Waals surface area contributed by atoms with Crippen LogP contribution in [-0.4, -0.2) is 30.8 Å². The zero-order valence-corrected chi connectivity index (χ0v) is 17.5. The van der Waals surface area contributed by atoms with Crippen molar-refractivity contribution in [1.82, 2.24) is 19.2 Å². The van der Waals surface area contributed by atoms with E-state index in [2.05, 4.69) is 15.5 Å². The molecule has 1 N–H and O–H groups in total. The third-order valence-electron chi connectivity index (χ3n) is 4.46. The number of nitrogens with one attached hydrogen (secondary N) is 1. The minimum atomic E-state index is -0.504. The number of para-hydroxylation sites is 1. The number of hydrogen-bond acceptors (Lipinski definition) is 5. The number of rotatable bonds is 6. The molecule has 7 nitrogen and oxygen atoms in total. The number of hydrogen-bond donors (Lipinski definition) is 1. The van der Waals surface area contributed by atoms with E-state index in [9.17, 15) is 14.0 Å². The lowest BCUT2D eigenvalue weighted by atomic mass is 10.2. The van der Waals surface area contributed by atoms with E-state index in [-0.39, 0.29) is 22.9 Å². The maximum Gasteiger partial charge on any atom is 0.262 e. The fourth-order valence-corrected chi connectivity index (χ4v) is 4.07. The molecule has 0 unspecified atom stereocenters. The highest BCUT2D eigenvalue weighted by molar-refractivity contribution is 7.99. The quantitative estimate of drug-likeness (QED) is 0.454. The van der Waals surface area contributed by atoms with Crippen LogP contribution in [0.25, 0.3) is 16.7 Å². The van der Waals surface area contributed by atoms with Crippen LogP contribution in [0, 0.1) is 5.82 Å². The molecule has 0 saturated heterocycles. The molecule has 10 heteroatoms. The third kappa shape index (κ3) is 3.78. The van der Waals surface area contributed by atoms with Crippen LogP contribution in [0.1, 0.15) is 13.3 Å². The van der Waals surface area contributed by atoms with Gasteiger partial charge in [-0.15, -0.1) is 10.2 Å². The van der Waals surface area contributed by atoms with Crippen LogP contribution in [-0.2, 0) is 11.3 Å². The van der Waals surface area contributed by atoms with Gasteiger partial charge in [-0.1, -0.05) is 42.4 Å². The Bertz CT molecular complexity index is 1320. The lowest BCUT2D eigenvalue weighted by molar-refractivity contribution is -0.113. The van der Waals surface area contributed by atoms with E-state index < -0.39 is 5.82 Å². The summed E-state index contributed by atoms with van der Waals surface area (Å²) < 4.78 is 17.0. The molecule has 154 valence electrons. The first-order chi connectivity index (χ1) is 14.5. The van der Waals surface area contributed by atoms with E-state index in [0.29, 0.717) is 33.4 Å². The fourth-order valence-electron chi connectivity index (χ4n) is 3.16. The molecule has 0 atom stereocenters. The lowest BCUT2D eigenvalue weighted by Gasteiger charge is -2.11. The molecule has 30 heavy (non-hydrogen) atoms. The van der Waals surface area contributed by atoms with Crippen LogP contribution in [0.3, 0.4) is 0 Å². The molecular formula is C20H17ClFN5O2S. The summed E-state index contributed by atoms with van der Waals surface area (Å²) >= 11 is 7.25. The standard InChI is InChI=1S/C20H17ClFN5O2S/c1-2-9-26-18(29)13-10-12(21)7-8-16(13)27-19(26)24-25-20(27)30-11-17(28)23-15-6-4-3-5-14(15)22/h3-8,10H,2,9,11H2,1H3,(H,23,28). The molecule has 4 aromatic rings. The van der Waals surface area contributed by atoms with Gasteiger partial charge in [0.1, 0.15) is 5.82 Å². The zero-order valence-electron chi connectivity index (χ0n) is 15.9. The molecule has 0 aliphatic rings. The summed E-state index contributed by atoms with van der Waals surface area (Å²) in [4.78, 5) is 25.2. The number of thioether (sulfide) groups is 1. The Labute approximate surface area is 179 Å². The summed E-state index contributed by atoms with van der Waals surface area (Å²) in [6.07, 6.45) is 0.738. The van der Waals surface area contributed by atoms with Crippen molar-refractivity contribution in [3.63, 3.8) is 0 Å². The number of aromatic nitrogens is 4. The monoisotopic (exact) mass is 445 g/mol. The molecule has 1 amide bonds. The van der Waals surface area contributed by atoms with E-state index in [4.69, 9.17) is 11.6 Å². The highest BCUT2D eigenvalue weighted by Gasteiger charge is 2.18. The number of fused-ring (bicyclic) bond motifs is 3. The van der Waals surface area contributed by atoms with Crippen LogP contribution >= 0.6 is 23.4 Å². The van der Waals surface area contributed by atoms with Crippen molar-refractivity contribution in [2.24, 2.45) is 0 Å². The summed E-state index contributed by atoms with van der Waals surface area (Å²) in [6, 6.07) is 11.0. The number of benzene rings is 2. The SMILES string of the molecule is CCCn1c(=O)c2cc(Cl)ccc2n2c(SCC(=O)Nc3ccccc3F)nnc12. The van der Waals surface area contributed by atoms with Gasteiger partial charge in [0.25, 0.3) is 5.56 Å². The van der Waals surface area contributed by atoms with Crippen molar-refractivity contribution in [1.29, 1.82) is 0 Å². The second-order valence-electron chi connectivity index (χ2n) is 6.55. The van der Waals surface area contributed by atoms with Gasteiger partial charge in [-0.3, -0.25) is 18.6 Å². The first-order valence-corrected chi connectivity index (χ1v) is 10.6. The Kier molecular flexibility index (Phi) is 5.74. The molecular weight excluding hydrogens is 429 g/mol. The average molecular weight is 446 g/mol. The van der Waals surface area contributed by atoms with Crippen molar-refractivity contribution in [3.05, 3.63) is 63.7 Å². The smallest absolute Gasteiger partial charge is 0.262 e. The largest absolute Gasteiger partial charge is 0.323 e. The van der Waals surface area contributed by atoms with Crippen LogP contribution < -0.4 is 10.9 Å². The van der Waals surface area contributed by atoms with Gasteiger partial charge in [0.05, 0.1) is 22.3 Å². The van der Waals surface area contributed by atoms with Crippen molar-refractivity contribution in [2.75, 3.05) is 11.1 Å². The molecule has 0 aliphatic carbocycles. The Morgan fingerprint density at radius 1 is 1.23 bits per heavy atom. The van der Waals surface area contributed by atoms with Crippen LogP contribution in [0.15, 0.2) is 52.4 Å². The normalized spacial score (nSPS) is 11.3. The van der Waals surface area contributed by atoms with Gasteiger partial charge in [-0.2, -0.15) is 0 Å². The van der Waals surface area contributed by atoms with E-state index in [1.54, 1.807) is 39.3 Å². The van der Waals surface area contributed by atoms with Crippen molar-refractivity contribution in [3.8, 4) is 0 Å². The van der Waals surface area contributed by atoms with E-state index in [1.807, 2.05) is 6.92 Å². The number of carbonyl (C=O) groups is 1. The number of halogens is 2. The Morgan fingerprint density at radius 2 is 2.03 bits per heavy atom. The Balaban J connectivity index is 1.70. The summed E-state index contributed by atoms with van der Waals surface area (Å²) in [7, 11) is 0. The molecule has 0 bridgehead atoms. The summed E-state index contributed by atoms with van der Waals surface area (Å²) in [5.74, 6) is -0.489. The predicted molar refractivity (Wildman–Crippen MR) is 116 cm³/mol. The fraction of sp³-hybridized carbons (Fsp3) is 0.200. The molecule has 4 rings (SSSR count). The zero-order chi connectivity index (χ0) is 21.3. The lowest BCUT2D eigenvalue weighted by Crippen LogP contribution is -2.23. The second-order valence-corrected chi connectivity index (χ2v) is 7.93. The number of carbonyl (C=O) groups excluding carboxylic acids is 1. The molecule has 0 saturated carbocycles. The minimum absolute atomic E-state index is 0.00286. The first kappa shape index (κ1) is 20.4. The van der Waals surface area contributed by atoms with Crippen LogP contribution in [0.2, 0.25) is 5.02 Å². The van der Waals surface area contributed by atoms with E-state index in [0.717, 1.165) is 18.2 Å². The topological polar surface area (TPSA) is 81.3 Å². The van der Waals surface area contributed by atoms with Crippen molar-refractivity contribution in [2.45, 2.75) is 25.0 Å². The van der Waals surface area contributed by atoms with Gasteiger partial charge in [0.15, 0.2) is 5.16 Å². The Hall–Kier alpha value is -2.91. The molecule has 2 aromatic heterocycles. The Morgan fingerprint density at radius 3 is 2.80 bits per heavy atom. The number of nitrogens with zero attached hydrogens (tertiary/aromatic N) is 4. The van der Waals surface area contributed by atoms with E-state index >= 15 is 0 Å². The minimum Gasteiger partial charge on any atom is -0.323 e. The van der Waals surface area contributed by atoms with Gasteiger partial charge in [0, 0.05) is 11.6 Å². The summed E-state index contributed by atoms with van der Waals surface area (Å²) in [5, 5.41) is 12.2. The maximum absolute atomic E-state index is 13.7. The van der Waals surface area contributed by atoms with Gasteiger partial charge >= 0.3 is 0 Å². The molecule has 0 spiro atoms.